The Hall–Kier alpha value is -3.85. The lowest BCUT2D eigenvalue weighted by molar-refractivity contribution is -0.137. The van der Waals surface area contributed by atoms with Crippen molar-refractivity contribution in [3.8, 4) is 11.5 Å². The number of nitrogens with zero attached hydrogens (tertiary/aromatic N) is 2. The van der Waals surface area contributed by atoms with Crippen molar-refractivity contribution >= 4 is 39.6 Å². The van der Waals surface area contributed by atoms with Crippen molar-refractivity contribution in [1.29, 1.82) is 0 Å². The molecule has 1 aliphatic heterocycles. The van der Waals surface area contributed by atoms with Crippen LogP contribution in [0.3, 0.4) is 0 Å². The van der Waals surface area contributed by atoms with Gasteiger partial charge in [-0.3, -0.25) is 4.79 Å². The monoisotopic (exact) mass is 578 g/mol. The first kappa shape index (κ1) is 25.8. The summed E-state index contributed by atoms with van der Waals surface area (Å²) < 4.78 is 21.5. The van der Waals surface area contributed by atoms with E-state index in [-0.39, 0.29) is 17.7 Å². The van der Waals surface area contributed by atoms with E-state index in [1.54, 1.807) is 20.3 Å². The van der Waals surface area contributed by atoms with Gasteiger partial charge in [0, 0.05) is 5.92 Å². The Morgan fingerprint density at radius 2 is 1.71 bits per heavy atom. The highest BCUT2D eigenvalue weighted by molar-refractivity contribution is 9.10. The Balaban J connectivity index is 1.43. The molecule has 0 N–H and O–H groups in total. The smallest absolute Gasteiger partial charge is 0.374 e. The topological polar surface area (TPSA) is 90.6 Å². The number of halogens is 1. The molecule has 0 radical (unpaired) electrons. The summed E-state index contributed by atoms with van der Waals surface area (Å²) in [6.45, 7) is -0.454. The molecule has 1 aromatic heterocycles. The summed E-state index contributed by atoms with van der Waals surface area (Å²) in [5, 5.41) is 6.30. The van der Waals surface area contributed by atoms with Gasteiger partial charge in [-0.1, -0.05) is 24.3 Å². The van der Waals surface area contributed by atoms with Crippen molar-refractivity contribution in [2.45, 2.75) is 25.3 Å². The van der Waals surface area contributed by atoms with Crippen LogP contribution in [-0.2, 0) is 9.53 Å². The average molecular weight is 579 g/mol. The van der Waals surface area contributed by atoms with Crippen molar-refractivity contribution < 1.29 is 28.2 Å². The zero-order valence-electron chi connectivity index (χ0n) is 21.1. The van der Waals surface area contributed by atoms with Crippen LogP contribution in [0.4, 0.5) is 0 Å². The average Bonchev–Trinajstić information content (AvgIpc) is 3.56. The van der Waals surface area contributed by atoms with Crippen LogP contribution in [-0.4, -0.2) is 43.4 Å². The Morgan fingerprint density at radius 1 is 1.03 bits per heavy atom. The molecule has 1 aliphatic carbocycles. The molecule has 8 nitrogen and oxygen atoms in total. The third kappa shape index (κ3) is 5.38. The number of rotatable bonds is 7. The van der Waals surface area contributed by atoms with Crippen LogP contribution in [0.15, 0.2) is 80.4 Å². The van der Waals surface area contributed by atoms with Gasteiger partial charge in [0.05, 0.1) is 26.0 Å². The van der Waals surface area contributed by atoms with E-state index in [2.05, 4.69) is 22.0 Å². The van der Waals surface area contributed by atoms with E-state index < -0.39 is 18.5 Å². The number of carbonyl (C=O) groups excluding carboxylic acids is 2. The first-order valence-corrected chi connectivity index (χ1v) is 13.1. The standard InChI is InChI=1S/C29H27BrN2O6/c1-35-21-10-6-18(7-11-21)16-20-4-3-5-23-27(20)31-32(28(23)19-8-12-22(36-2)13-9-19)26(33)17-37-29(34)24-14-15-25(30)38-24/h6-16,23,28H,3-5,17H2,1-2H3. The molecule has 1 fully saturated rings. The lowest BCUT2D eigenvalue weighted by Gasteiger charge is -2.29. The molecule has 5 rings (SSSR count). The van der Waals surface area contributed by atoms with Crippen LogP contribution >= 0.6 is 15.9 Å². The summed E-state index contributed by atoms with van der Waals surface area (Å²) in [4.78, 5) is 25.8. The zero-order chi connectivity index (χ0) is 26.6. The number of amides is 1. The minimum absolute atomic E-state index is 0.0160. The van der Waals surface area contributed by atoms with Crippen LogP contribution in [0.25, 0.3) is 6.08 Å². The molecule has 196 valence electrons. The maximum atomic E-state index is 13.4. The first-order valence-electron chi connectivity index (χ1n) is 12.3. The SMILES string of the molecule is COc1ccc(C=C2CCCC3C2=NN(C(=O)COC(=O)c2ccc(Br)o2)C3c2ccc(OC)cc2)cc1. The summed E-state index contributed by atoms with van der Waals surface area (Å²) in [6.07, 6.45) is 4.85. The van der Waals surface area contributed by atoms with Crippen molar-refractivity contribution in [3.63, 3.8) is 0 Å². The van der Waals surface area contributed by atoms with E-state index in [1.165, 1.54) is 11.1 Å². The van der Waals surface area contributed by atoms with Crippen LogP contribution in [0, 0.1) is 5.92 Å². The third-order valence-electron chi connectivity index (χ3n) is 6.77. The Bertz CT molecular complexity index is 1380. The highest BCUT2D eigenvalue weighted by Crippen LogP contribution is 2.44. The molecule has 2 unspecified atom stereocenters. The van der Waals surface area contributed by atoms with E-state index in [9.17, 15) is 9.59 Å². The van der Waals surface area contributed by atoms with Crippen LogP contribution in [0.1, 0.15) is 47.0 Å². The summed E-state index contributed by atoms with van der Waals surface area (Å²) in [5.41, 5.74) is 3.96. The van der Waals surface area contributed by atoms with Gasteiger partial charge in [0.15, 0.2) is 11.3 Å². The number of carbonyl (C=O) groups is 2. The van der Waals surface area contributed by atoms with Crippen LogP contribution in [0.2, 0.25) is 0 Å². The number of benzene rings is 2. The Labute approximate surface area is 229 Å². The number of ether oxygens (including phenoxy) is 3. The fraction of sp³-hybridized carbons (Fsp3) is 0.276. The number of allylic oxidation sites excluding steroid dienone is 1. The molecular weight excluding hydrogens is 552 g/mol. The van der Waals surface area contributed by atoms with Gasteiger partial charge in [0.25, 0.3) is 5.91 Å². The summed E-state index contributed by atoms with van der Waals surface area (Å²) in [7, 11) is 3.26. The summed E-state index contributed by atoms with van der Waals surface area (Å²) >= 11 is 3.16. The lowest BCUT2D eigenvalue weighted by Crippen LogP contribution is -2.34. The number of hydrazone groups is 1. The molecule has 2 aliphatic rings. The largest absolute Gasteiger partial charge is 0.497 e. The molecule has 1 amide bonds. The van der Waals surface area contributed by atoms with Gasteiger partial charge >= 0.3 is 5.97 Å². The van der Waals surface area contributed by atoms with E-state index >= 15 is 0 Å². The first-order chi connectivity index (χ1) is 18.5. The molecule has 0 saturated heterocycles. The lowest BCUT2D eigenvalue weighted by atomic mass is 9.77. The second kappa shape index (κ2) is 11.3. The molecule has 0 spiro atoms. The van der Waals surface area contributed by atoms with Gasteiger partial charge in [0.1, 0.15) is 11.5 Å². The maximum absolute atomic E-state index is 13.4. The van der Waals surface area contributed by atoms with E-state index in [0.717, 1.165) is 53.2 Å². The van der Waals surface area contributed by atoms with Gasteiger partial charge in [-0.25, -0.2) is 9.80 Å². The van der Waals surface area contributed by atoms with Gasteiger partial charge < -0.3 is 18.6 Å². The summed E-state index contributed by atoms with van der Waals surface area (Å²) in [5.74, 6) is 0.433. The minimum Gasteiger partial charge on any atom is -0.497 e. The quantitative estimate of drug-likeness (QED) is 0.317. The Kier molecular flexibility index (Phi) is 7.64. The van der Waals surface area contributed by atoms with Crippen molar-refractivity contribution in [2.75, 3.05) is 20.8 Å². The van der Waals surface area contributed by atoms with Gasteiger partial charge in [-0.05, 0) is 94.4 Å². The molecule has 3 aromatic rings. The second-order valence-corrected chi connectivity index (χ2v) is 9.84. The maximum Gasteiger partial charge on any atom is 0.374 e. The number of hydrogen-bond donors (Lipinski definition) is 0. The normalized spacial score (nSPS) is 19.6. The molecule has 9 heteroatoms. The fourth-order valence-corrected chi connectivity index (χ4v) is 5.24. The Morgan fingerprint density at radius 3 is 2.34 bits per heavy atom. The number of esters is 1. The van der Waals surface area contributed by atoms with Gasteiger partial charge in [0.2, 0.25) is 5.76 Å². The minimum atomic E-state index is -0.714. The second-order valence-electron chi connectivity index (χ2n) is 9.06. The van der Waals surface area contributed by atoms with E-state index in [0.29, 0.717) is 4.67 Å². The molecule has 0 bridgehead atoms. The summed E-state index contributed by atoms with van der Waals surface area (Å²) in [6, 6.07) is 18.3. The molecular formula is C29H27BrN2O6. The van der Waals surface area contributed by atoms with Gasteiger partial charge in [-0.2, -0.15) is 5.10 Å². The third-order valence-corrected chi connectivity index (χ3v) is 7.20. The number of methoxy groups -OCH3 is 2. The van der Waals surface area contributed by atoms with Crippen LogP contribution < -0.4 is 9.47 Å². The fourth-order valence-electron chi connectivity index (χ4n) is 4.93. The molecule has 2 aromatic carbocycles. The van der Waals surface area contributed by atoms with Gasteiger partial charge in [-0.15, -0.1) is 0 Å². The zero-order valence-corrected chi connectivity index (χ0v) is 22.6. The molecule has 2 atom stereocenters. The number of fused-ring (bicyclic) bond motifs is 1. The molecule has 2 heterocycles. The predicted octanol–water partition coefficient (Wildman–Crippen LogP) is 6.04. The van der Waals surface area contributed by atoms with E-state index in [1.807, 2.05) is 48.5 Å². The molecule has 38 heavy (non-hydrogen) atoms. The van der Waals surface area contributed by atoms with Crippen molar-refractivity contribution in [2.24, 2.45) is 11.0 Å². The predicted molar refractivity (Wildman–Crippen MR) is 145 cm³/mol. The molecule has 1 saturated carbocycles. The van der Waals surface area contributed by atoms with Crippen molar-refractivity contribution in [1.82, 2.24) is 5.01 Å². The highest BCUT2D eigenvalue weighted by Gasteiger charge is 2.44. The van der Waals surface area contributed by atoms with E-state index in [4.69, 9.17) is 23.7 Å². The number of hydrogen-bond acceptors (Lipinski definition) is 7. The number of furan rings is 1. The highest BCUT2D eigenvalue weighted by atomic mass is 79.9. The van der Waals surface area contributed by atoms with Crippen molar-refractivity contribution in [3.05, 3.63) is 87.8 Å². The van der Waals surface area contributed by atoms with Crippen LogP contribution in [0.5, 0.6) is 11.5 Å².